The van der Waals surface area contributed by atoms with E-state index < -0.39 is 6.10 Å². The fourth-order valence-corrected chi connectivity index (χ4v) is 2.78. The van der Waals surface area contributed by atoms with Gasteiger partial charge in [0.1, 0.15) is 5.75 Å². The van der Waals surface area contributed by atoms with Crippen LogP contribution in [0.15, 0.2) is 54.6 Å². The highest BCUT2D eigenvalue weighted by molar-refractivity contribution is 5.29. The van der Waals surface area contributed by atoms with Crippen molar-refractivity contribution in [2.24, 2.45) is 0 Å². The first kappa shape index (κ1) is 16.5. The molecule has 2 rings (SSSR count). The van der Waals surface area contributed by atoms with Crippen LogP contribution in [0, 0.1) is 0 Å². The predicted octanol–water partition coefficient (Wildman–Crippen LogP) is 3.38. The number of aliphatic hydroxyl groups is 1. The molecule has 2 atom stereocenters. The summed E-state index contributed by atoms with van der Waals surface area (Å²) in [7, 11) is 0. The molecule has 0 aromatic heterocycles. The first-order valence-corrected chi connectivity index (χ1v) is 7.85. The van der Waals surface area contributed by atoms with Gasteiger partial charge in [0.25, 0.3) is 0 Å². The molecular formula is C19H25NO2. The van der Waals surface area contributed by atoms with Crippen LogP contribution in [-0.2, 0) is 6.42 Å². The molecule has 2 N–H and O–H groups in total. The minimum atomic E-state index is -0.401. The second-order valence-electron chi connectivity index (χ2n) is 5.70. The molecule has 0 radical (unpaired) electrons. The van der Waals surface area contributed by atoms with Gasteiger partial charge in [0.15, 0.2) is 0 Å². The quantitative estimate of drug-likeness (QED) is 0.824. The van der Waals surface area contributed by atoms with Crippen LogP contribution in [0.25, 0.3) is 0 Å². The zero-order valence-corrected chi connectivity index (χ0v) is 13.3. The van der Waals surface area contributed by atoms with Gasteiger partial charge in [-0.1, -0.05) is 49.4 Å². The molecular weight excluding hydrogens is 274 g/mol. The van der Waals surface area contributed by atoms with E-state index in [-0.39, 0.29) is 11.8 Å². The molecule has 0 spiro atoms. The standard InChI is InChI=1S/C19H25NO2/c1-3-20(15(2)17-10-7-11-18(21)13-17)14-19(22)12-16-8-5-4-6-9-16/h4-11,13,15,19,21-22H,3,12,14H2,1-2H3/t15-,19+/m1/s1. The van der Waals surface area contributed by atoms with Gasteiger partial charge in [-0.2, -0.15) is 0 Å². The van der Waals surface area contributed by atoms with E-state index in [1.54, 1.807) is 12.1 Å². The van der Waals surface area contributed by atoms with Crippen molar-refractivity contribution in [3.8, 4) is 5.75 Å². The van der Waals surface area contributed by atoms with Gasteiger partial charge in [0.05, 0.1) is 6.10 Å². The van der Waals surface area contributed by atoms with Crippen LogP contribution in [0.2, 0.25) is 0 Å². The summed E-state index contributed by atoms with van der Waals surface area (Å²) in [6.45, 7) is 5.66. The van der Waals surface area contributed by atoms with Gasteiger partial charge in [-0.25, -0.2) is 0 Å². The van der Waals surface area contributed by atoms with Crippen molar-refractivity contribution in [1.82, 2.24) is 4.90 Å². The first-order chi connectivity index (χ1) is 10.6. The Morgan fingerprint density at radius 1 is 1.05 bits per heavy atom. The predicted molar refractivity (Wildman–Crippen MR) is 89.9 cm³/mol. The van der Waals surface area contributed by atoms with Crippen LogP contribution in [0.1, 0.15) is 31.0 Å². The number of likely N-dealkylation sites (N-methyl/N-ethyl adjacent to an activating group) is 1. The second kappa shape index (κ2) is 7.97. The Hall–Kier alpha value is -1.84. The third-order valence-corrected chi connectivity index (χ3v) is 4.07. The lowest BCUT2D eigenvalue weighted by atomic mass is 10.0. The summed E-state index contributed by atoms with van der Waals surface area (Å²) in [5.74, 6) is 0.283. The van der Waals surface area contributed by atoms with E-state index in [0.717, 1.165) is 17.7 Å². The smallest absolute Gasteiger partial charge is 0.115 e. The van der Waals surface area contributed by atoms with E-state index in [4.69, 9.17) is 0 Å². The number of aromatic hydroxyl groups is 1. The molecule has 3 nitrogen and oxygen atoms in total. The van der Waals surface area contributed by atoms with Crippen LogP contribution in [-0.4, -0.2) is 34.3 Å². The van der Waals surface area contributed by atoms with Gasteiger partial charge in [-0.05, 0) is 43.1 Å². The summed E-state index contributed by atoms with van der Waals surface area (Å²) >= 11 is 0. The SMILES string of the molecule is CCN(C[C@@H](O)Cc1ccccc1)[C@H](C)c1cccc(O)c1. The minimum Gasteiger partial charge on any atom is -0.508 e. The Bertz CT molecular complexity index is 571. The lowest BCUT2D eigenvalue weighted by molar-refractivity contribution is 0.0945. The van der Waals surface area contributed by atoms with Crippen molar-refractivity contribution in [2.45, 2.75) is 32.4 Å². The fourth-order valence-electron chi connectivity index (χ4n) is 2.78. The Kier molecular flexibility index (Phi) is 5.99. The molecule has 0 bridgehead atoms. The van der Waals surface area contributed by atoms with Crippen molar-refractivity contribution in [1.29, 1.82) is 0 Å². The molecule has 0 aliphatic carbocycles. The molecule has 2 aromatic carbocycles. The molecule has 0 unspecified atom stereocenters. The Morgan fingerprint density at radius 2 is 1.77 bits per heavy atom. The number of phenols is 1. The fraction of sp³-hybridized carbons (Fsp3) is 0.368. The number of hydrogen-bond acceptors (Lipinski definition) is 3. The second-order valence-corrected chi connectivity index (χ2v) is 5.70. The van der Waals surface area contributed by atoms with E-state index in [1.165, 1.54) is 0 Å². The zero-order chi connectivity index (χ0) is 15.9. The lowest BCUT2D eigenvalue weighted by Crippen LogP contribution is -2.35. The third-order valence-electron chi connectivity index (χ3n) is 4.07. The number of nitrogens with zero attached hydrogens (tertiary/aromatic N) is 1. The summed E-state index contributed by atoms with van der Waals surface area (Å²) in [5, 5.41) is 20.0. The molecule has 2 aromatic rings. The normalized spacial score (nSPS) is 14.0. The minimum absolute atomic E-state index is 0.155. The molecule has 0 saturated heterocycles. The van der Waals surface area contributed by atoms with Crippen LogP contribution < -0.4 is 0 Å². The monoisotopic (exact) mass is 299 g/mol. The number of benzene rings is 2. The number of hydrogen-bond donors (Lipinski definition) is 2. The summed E-state index contributed by atoms with van der Waals surface area (Å²) in [5.41, 5.74) is 2.21. The molecule has 0 amide bonds. The zero-order valence-electron chi connectivity index (χ0n) is 13.3. The van der Waals surface area contributed by atoms with Crippen molar-refractivity contribution < 1.29 is 10.2 Å². The topological polar surface area (TPSA) is 43.7 Å². The van der Waals surface area contributed by atoms with Gasteiger partial charge < -0.3 is 10.2 Å². The average Bonchev–Trinajstić information content (AvgIpc) is 2.53. The molecule has 0 heterocycles. The maximum atomic E-state index is 10.4. The number of rotatable bonds is 7. The summed E-state index contributed by atoms with van der Waals surface area (Å²) in [6, 6.07) is 17.5. The highest BCUT2D eigenvalue weighted by Crippen LogP contribution is 2.23. The number of aliphatic hydroxyl groups excluding tert-OH is 1. The van der Waals surface area contributed by atoms with Crippen molar-refractivity contribution in [2.75, 3.05) is 13.1 Å². The first-order valence-electron chi connectivity index (χ1n) is 7.85. The molecule has 0 aliphatic rings. The molecule has 0 aliphatic heterocycles. The Balaban J connectivity index is 1.99. The van der Waals surface area contributed by atoms with Crippen LogP contribution in [0.4, 0.5) is 0 Å². The van der Waals surface area contributed by atoms with Gasteiger partial charge >= 0.3 is 0 Å². The van der Waals surface area contributed by atoms with E-state index in [0.29, 0.717) is 13.0 Å². The van der Waals surface area contributed by atoms with E-state index in [1.807, 2.05) is 42.5 Å². The van der Waals surface area contributed by atoms with Crippen LogP contribution >= 0.6 is 0 Å². The lowest BCUT2D eigenvalue weighted by Gasteiger charge is -2.30. The van der Waals surface area contributed by atoms with Gasteiger partial charge in [0.2, 0.25) is 0 Å². The summed E-state index contributed by atoms with van der Waals surface area (Å²) in [4.78, 5) is 2.22. The van der Waals surface area contributed by atoms with Crippen molar-refractivity contribution in [3.63, 3.8) is 0 Å². The highest BCUT2D eigenvalue weighted by Gasteiger charge is 2.18. The summed E-state index contributed by atoms with van der Waals surface area (Å²) in [6.07, 6.45) is 0.256. The van der Waals surface area contributed by atoms with E-state index in [9.17, 15) is 10.2 Å². The Morgan fingerprint density at radius 3 is 2.41 bits per heavy atom. The van der Waals surface area contributed by atoms with Crippen LogP contribution in [0.5, 0.6) is 5.75 Å². The third kappa shape index (κ3) is 4.58. The average molecular weight is 299 g/mol. The molecule has 22 heavy (non-hydrogen) atoms. The molecule has 0 fully saturated rings. The molecule has 3 heteroatoms. The maximum Gasteiger partial charge on any atom is 0.115 e. The highest BCUT2D eigenvalue weighted by atomic mass is 16.3. The summed E-state index contributed by atoms with van der Waals surface area (Å²) < 4.78 is 0. The van der Waals surface area contributed by atoms with E-state index in [2.05, 4.69) is 18.7 Å². The molecule has 0 saturated carbocycles. The van der Waals surface area contributed by atoms with Crippen molar-refractivity contribution >= 4 is 0 Å². The largest absolute Gasteiger partial charge is 0.508 e. The van der Waals surface area contributed by atoms with Gasteiger partial charge in [-0.15, -0.1) is 0 Å². The number of phenolic OH excluding ortho intramolecular Hbond substituents is 1. The molecule has 118 valence electrons. The van der Waals surface area contributed by atoms with Crippen LogP contribution in [0.3, 0.4) is 0 Å². The van der Waals surface area contributed by atoms with Crippen molar-refractivity contribution in [3.05, 3.63) is 65.7 Å². The van der Waals surface area contributed by atoms with Gasteiger partial charge in [-0.3, -0.25) is 4.90 Å². The van der Waals surface area contributed by atoms with Gasteiger partial charge in [0, 0.05) is 12.6 Å². The maximum absolute atomic E-state index is 10.4. The Labute approximate surface area is 132 Å². The van der Waals surface area contributed by atoms with E-state index >= 15 is 0 Å².